The molecule has 128 valence electrons. The average Bonchev–Trinajstić information content (AvgIpc) is 2.57. The van der Waals surface area contributed by atoms with Crippen molar-refractivity contribution < 1.29 is 14.9 Å². The zero-order valence-corrected chi connectivity index (χ0v) is 14.1. The van der Waals surface area contributed by atoms with Crippen molar-refractivity contribution in [1.82, 2.24) is 4.90 Å². The summed E-state index contributed by atoms with van der Waals surface area (Å²) in [7, 11) is 0. The second kappa shape index (κ2) is 7.20. The number of ether oxygens (including phenoxy) is 1. The number of aliphatic hydroxyl groups excluding tert-OH is 1. The predicted octanol–water partition coefficient (Wildman–Crippen LogP) is 2.50. The Hall–Kier alpha value is -1.10. The molecule has 0 unspecified atom stereocenters. The zero-order chi connectivity index (χ0) is 16.3. The van der Waals surface area contributed by atoms with Gasteiger partial charge in [0.2, 0.25) is 0 Å². The first-order valence-electron chi connectivity index (χ1n) is 8.91. The van der Waals surface area contributed by atoms with Crippen LogP contribution in [0, 0.1) is 6.92 Å². The van der Waals surface area contributed by atoms with Gasteiger partial charge in [-0.25, -0.2) is 0 Å². The van der Waals surface area contributed by atoms with Crippen LogP contribution in [-0.4, -0.2) is 52.6 Å². The van der Waals surface area contributed by atoms with Gasteiger partial charge in [0.15, 0.2) is 0 Å². The molecule has 23 heavy (non-hydrogen) atoms. The number of nitrogens with zero attached hydrogens (tertiary/aromatic N) is 1. The molecule has 3 rings (SSSR count). The first-order chi connectivity index (χ1) is 11.1. The third-order valence-corrected chi connectivity index (χ3v) is 5.36. The molecule has 2 N–H and O–H groups in total. The van der Waals surface area contributed by atoms with Gasteiger partial charge < -0.3 is 14.9 Å². The molecule has 1 aliphatic heterocycles. The van der Waals surface area contributed by atoms with Gasteiger partial charge in [-0.1, -0.05) is 31.4 Å². The van der Waals surface area contributed by atoms with Gasteiger partial charge in [-0.3, -0.25) is 4.90 Å². The number of rotatable bonds is 4. The van der Waals surface area contributed by atoms with Crippen LogP contribution in [0.15, 0.2) is 24.3 Å². The van der Waals surface area contributed by atoms with Crippen LogP contribution in [0.25, 0.3) is 0 Å². The van der Waals surface area contributed by atoms with E-state index in [1.807, 2.05) is 31.2 Å². The highest BCUT2D eigenvalue weighted by atomic mass is 16.5. The number of hydrogen-bond donors (Lipinski definition) is 2. The lowest BCUT2D eigenvalue weighted by atomic mass is 9.86. The third kappa shape index (κ3) is 4.06. The number of piperidine rings is 1. The van der Waals surface area contributed by atoms with E-state index in [9.17, 15) is 10.2 Å². The largest absolute Gasteiger partial charge is 0.490 e. The summed E-state index contributed by atoms with van der Waals surface area (Å²) in [6, 6.07) is 8.37. The highest BCUT2D eigenvalue weighted by Crippen LogP contribution is 2.30. The number of aliphatic hydroxyl groups is 2. The molecule has 2 atom stereocenters. The Balaban J connectivity index is 1.62. The molecule has 0 aromatic heterocycles. The maximum absolute atomic E-state index is 11.0. The lowest BCUT2D eigenvalue weighted by Gasteiger charge is -2.46. The number of aryl methyl sites for hydroxylation is 1. The number of benzene rings is 1. The average molecular weight is 319 g/mol. The summed E-state index contributed by atoms with van der Waals surface area (Å²) >= 11 is 0. The van der Waals surface area contributed by atoms with Crippen molar-refractivity contribution in [2.75, 3.05) is 19.7 Å². The summed E-state index contributed by atoms with van der Waals surface area (Å²) in [6.45, 7) is 3.53. The first-order valence-corrected chi connectivity index (χ1v) is 8.91. The molecule has 4 heteroatoms. The minimum absolute atomic E-state index is 0.140. The van der Waals surface area contributed by atoms with Gasteiger partial charge >= 0.3 is 0 Å². The number of likely N-dealkylation sites (tertiary alicyclic amines) is 1. The van der Waals surface area contributed by atoms with E-state index >= 15 is 0 Å². The Morgan fingerprint density at radius 1 is 1.22 bits per heavy atom. The summed E-state index contributed by atoms with van der Waals surface area (Å²) in [5.74, 6) is 0.750. The van der Waals surface area contributed by atoms with Gasteiger partial charge in [0, 0.05) is 19.1 Å². The summed E-state index contributed by atoms with van der Waals surface area (Å²) in [5.41, 5.74) is -0.0538. The molecule has 1 saturated heterocycles. The fourth-order valence-corrected chi connectivity index (χ4v) is 3.91. The van der Waals surface area contributed by atoms with Gasteiger partial charge in [-0.2, -0.15) is 0 Å². The van der Waals surface area contributed by atoms with E-state index in [-0.39, 0.29) is 6.61 Å². The van der Waals surface area contributed by atoms with E-state index in [1.54, 1.807) is 0 Å². The highest BCUT2D eigenvalue weighted by molar-refractivity contribution is 5.27. The molecule has 2 aliphatic rings. The third-order valence-electron chi connectivity index (χ3n) is 5.36. The fourth-order valence-electron chi connectivity index (χ4n) is 3.91. The second-order valence-corrected chi connectivity index (χ2v) is 7.28. The lowest BCUT2D eigenvalue weighted by molar-refractivity contribution is -0.146. The van der Waals surface area contributed by atoms with Crippen LogP contribution >= 0.6 is 0 Å². The van der Waals surface area contributed by atoms with Crippen LogP contribution < -0.4 is 4.74 Å². The SMILES string of the molecule is Cc1cccc(OC[C@@]2(O)CN(C3CCCCC3)CC[C@@H]2O)c1. The first kappa shape index (κ1) is 16.7. The summed E-state index contributed by atoms with van der Waals surface area (Å²) in [6.07, 6.45) is 6.21. The summed E-state index contributed by atoms with van der Waals surface area (Å²) in [5, 5.41) is 21.3. The Morgan fingerprint density at radius 2 is 2.00 bits per heavy atom. The molecule has 0 spiro atoms. The van der Waals surface area contributed by atoms with Crippen LogP contribution in [0.3, 0.4) is 0 Å². The summed E-state index contributed by atoms with van der Waals surface area (Å²) in [4.78, 5) is 2.37. The zero-order valence-electron chi connectivity index (χ0n) is 14.1. The van der Waals surface area contributed by atoms with Crippen LogP contribution in [-0.2, 0) is 0 Å². The topological polar surface area (TPSA) is 52.9 Å². The Morgan fingerprint density at radius 3 is 2.74 bits per heavy atom. The van der Waals surface area contributed by atoms with Crippen molar-refractivity contribution >= 4 is 0 Å². The standard InChI is InChI=1S/C19H29NO3/c1-15-6-5-9-17(12-15)23-14-19(22)13-20(11-10-18(19)21)16-7-3-2-4-8-16/h5-6,9,12,16,18,21-22H,2-4,7-8,10-11,13-14H2,1H3/t18-,19-/m0/s1. The van der Waals surface area contributed by atoms with Crippen LogP contribution in [0.5, 0.6) is 5.75 Å². The van der Waals surface area contributed by atoms with Crippen LogP contribution in [0.4, 0.5) is 0 Å². The molecule has 2 fully saturated rings. The number of β-amino-alcohol motifs (C(OH)–C–C–N with tert-alkyl or cyclic N) is 1. The maximum Gasteiger partial charge on any atom is 0.137 e. The second-order valence-electron chi connectivity index (χ2n) is 7.28. The van der Waals surface area contributed by atoms with Gasteiger partial charge in [0.25, 0.3) is 0 Å². The van der Waals surface area contributed by atoms with Crippen molar-refractivity contribution in [1.29, 1.82) is 0 Å². The maximum atomic E-state index is 11.0. The van der Waals surface area contributed by atoms with E-state index < -0.39 is 11.7 Å². The molecular weight excluding hydrogens is 290 g/mol. The van der Waals surface area contributed by atoms with E-state index in [0.29, 0.717) is 19.0 Å². The quantitative estimate of drug-likeness (QED) is 0.895. The van der Waals surface area contributed by atoms with Crippen molar-refractivity contribution in [3.05, 3.63) is 29.8 Å². The van der Waals surface area contributed by atoms with E-state index in [4.69, 9.17) is 4.74 Å². The van der Waals surface area contributed by atoms with Crippen molar-refractivity contribution in [2.24, 2.45) is 0 Å². The van der Waals surface area contributed by atoms with E-state index in [0.717, 1.165) is 17.9 Å². The normalized spacial score (nSPS) is 30.3. The predicted molar refractivity (Wildman–Crippen MR) is 90.7 cm³/mol. The van der Waals surface area contributed by atoms with E-state index in [1.165, 1.54) is 32.1 Å². The Bertz CT molecular complexity index is 515. The minimum Gasteiger partial charge on any atom is -0.490 e. The molecule has 4 nitrogen and oxygen atoms in total. The van der Waals surface area contributed by atoms with Gasteiger partial charge in [-0.05, 0) is 43.9 Å². The summed E-state index contributed by atoms with van der Waals surface area (Å²) < 4.78 is 5.80. The smallest absolute Gasteiger partial charge is 0.137 e. The van der Waals surface area contributed by atoms with Gasteiger partial charge in [0.05, 0.1) is 6.10 Å². The van der Waals surface area contributed by atoms with Crippen molar-refractivity contribution in [3.8, 4) is 5.75 Å². The van der Waals surface area contributed by atoms with Gasteiger partial charge in [-0.15, -0.1) is 0 Å². The highest BCUT2D eigenvalue weighted by Gasteiger charge is 2.43. The molecule has 1 aromatic rings. The van der Waals surface area contributed by atoms with E-state index in [2.05, 4.69) is 4.90 Å². The molecule has 0 bridgehead atoms. The molecule has 1 heterocycles. The van der Waals surface area contributed by atoms with Crippen LogP contribution in [0.2, 0.25) is 0 Å². The van der Waals surface area contributed by atoms with Gasteiger partial charge in [0.1, 0.15) is 18.0 Å². The molecule has 1 aliphatic carbocycles. The van der Waals surface area contributed by atoms with Crippen molar-refractivity contribution in [3.63, 3.8) is 0 Å². The monoisotopic (exact) mass is 319 g/mol. The molecule has 0 radical (unpaired) electrons. The molecule has 1 aromatic carbocycles. The minimum atomic E-state index is -1.18. The molecular formula is C19H29NO3. The van der Waals surface area contributed by atoms with Crippen LogP contribution in [0.1, 0.15) is 44.1 Å². The fraction of sp³-hybridized carbons (Fsp3) is 0.684. The molecule has 1 saturated carbocycles. The molecule has 0 amide bonds. The Labute approximate surface area is 139 Å². The lowest BCUT2D eigenvalue weighted by Crippen LogP contribution is -2.61. The number of hydrogen-bond acceptors (Lipinski definition) is 4. The van der Waals surface area contributed by atoms with Crippen molar-refractivity contribution in [2.45, 2.75) is 63.2 Å². The Kier molecular flexibility index (Phi) is 5.24.